The quantitative estimate of drug-likeness (QED) is 0.171. The van der Waals surface area contributed by atoms with Gasteiger partial charge in [-0.1, -0.05) is 44.2 Å². The largest absolute Gasteiger partial charge is 0.480 e. The van der Waals surface area contributed by atoms with Crippen LogP contribution in [0.1, 0.15) is 32.4 Å². The molecule has 2 aromatic heterocycles. The number of para-hydroxylation sites is 2. The van der Waals surface area contributed by atoms with Gasteiger partial charge in [-0.05, 0) is 36.6 Å². The Morgan fingerprint density at radius 1 is 0.875 bits per heavy atom. The Bertz CT molecular complexity index is 1680. The van der Waals surface area contributed by atoms with Crippen molar-refractivity contribution in [3.05, 3.63) is 81.1 Å². The van der Waals surface area contributed by atoms with E-state index in [2.05, 4.69) is 20.6 Å². The van der Waals surface area contributed by atoms with Crippen LogP contribution in [0.5, 0.6) is 0 Å². The van der Waals surface area contributed by atoms with Gasteiger partial charge in [0.15, 0.2) is 6.04 Å². The maximum absolute atomic E-state index is 13.8. The number of hydrogen-bond acceptors (Lipinski definition) is 6. The third-order valence-electron chi connectivity index (χ3n) is 6.83. The summed E-state index contributed by atoms with van der Waals surface area (Å²) in [6.07, 6.45) is 0.238. The number of carboxylic acids is 1. The molecule has 12 heteroatoms. The molecule has 0 bridgehead atoms. The number of aliphatic carboxylic acids is 1. The number of carbonyl (C=O) groups excluding carboxylic acids is 2. The number of amides is 2. The normalized spacial score (nSPS) is 14.5. The average molecular weight is 550 g/mol. The average Bonchev–Trinajstić information content (AvgIpc) is 3.31. The number of carbonyl (C=O) groups is 3. The zero-order valence-corrected chi connectivity index (χ0v) is 22.2. The highest BCUT2D eigenvalue weighted by Gasteiger charge is 2.34. The maximum Gasteiger partial charge on any atom is 0.329 e. The Balaban J connectivity index is 1.76. The van der Waals surface area contributed by atoms with E-state index in [9.17, 15) is 34.2 Å². The molecule has 1 unspecified atom stereocenters. The molecule has 210 valence electrons. The first kappa shape index (κ1) is 28.3. The van der Waals surface area contributed by atoms with Gasteiger partial charge in [0.2, 0.25) is 11.8 Å². The topological polar surface area (TPSA) is 186 Å². The van der Waals surface area contributed by atoms with E-state index < -0.39 is 59.2 Å². The summed E-state index contributed by atoms with van der Waals surface area (Å²) in [5.41, 5.74) is 0.311. The Labute approximate surface area is 228 Å². The fraction of sp³-hybridized carbons (Fsp3) is 0.321. The summed E-state index contributed by atoms with van der Waals surface area (Å²) < 4.78 is 0.838. The van der Waals surface area contributed by atoms with Crippen LogP contribution in [-0.4, -0.2) is 60.7 Å². The molecule has 4 rings (SSSR count). The Morgan fingerprint density at radius 2 is 1.48 bits per heavy atom. The van der Waals surface area contributed by atoms with Crippen LogP contribution in [0.4, 0.5) is 0 Å². The van der Waals surface area contributed by atoms with Crippen molar-refractivity contribution in [2.75, 3.05) is 0 Å². The molecular weight excluding hydrogens is 518 g/mol. The van der Waals surface area contributed by atoms with Gasteiger partial charge < -0.3 is 30.8 Å². The molecule has 40 heavy (non-hydrogen) atoms. The van der Waals surface area contributed by atoms with Gasteiger partial charge in [0.05, 0.1) is 17.0 Å². The highest BCUT2D eigenvalue weighted by atomic mass is 16.4. The van der Waals surface area contributed by atoms with Gasteiger partial charge in [0.25, 0.3) is 5.56 Å². The lowest BCUT2D eigenvalue weighted by Crippen LogP contribution is -2.57. The van der Waals surface area contributed by atoms with Crippen molar-refractivity contribution in [2.24, 2.45) is 5.92 Å². The molecule has 2 heterocycles. The van der Waals surface area contributed by atoms with Crippen molar-refractivity contribution in [3.8, 4) is 0 Å². The highest BCUT2D eigenvalue weighted by molar-refractivity contribution is 5.92. The molecule has 12 nitrogen and oxygen atoms in total. The number of hydrogen-bond donors (Lipinski definition) is 6. The van der Waals surface area contributed by atoms with Gasteiger partial charge in [-0.2, -0.15) is 0 Å². The summed E-state index contributed by atoms with van der Waals surface area (Å²) in [6.45, 7) is 4.51. The Kier molecular flexibility index (Phi) is 8.19. The second kappa shape index (κ2) is 11.6. The lowest BCUT2D eigenvalue weighted by molar-refractivity contribution is -0.145. The second-order valence-corrected chi connectivity index (χ2v) is 10.0. The molecular formula is C28H31N5O7. The fourth-order valence-electron chi connectivity index (χ4n) is 4.69. The van der Waals surface area contributed by atoms with E-state index in [4.69, 9.17) is 0 Å². The van der Waals surface area contributed by atoms with Gasteiger partial charge in [0.1, 0.15) is 12.1 Å². The number of nitrogens with one attached hydrogen (secondary N) is 4. The molecule has 4 atom stereocenters. The van der Waals surface area contributed by atoms with Crippen molar-refractivity contribution in [1.29, 1.82) is 0 Å². The van der Waals surface area contributed by atoms with Crippen LogP contribution in [0, 0.1) is 5.92 Å². The fourth-order valence-corrected chi connectivity index (χ4v) is 4.69. The van der Waals surface area contributed by atoms with Crippen LogP contribution in [0.15, 0.2) is 64.3 Å². The number of rotatable bonds is 10. The molecule has 0 aliphatic heterocycles. The summed E-state index contributed by atoms with van der Waals surface area (Å²) in [4.78, 5) is 70.9. The number of aromatic nitrogens is 3. The molecule has 2 aromatic carbocycles. The molecule has 4 aromatic rings. The molecule has 0 saturated carbocycles. The minimum Gasteiger partial charge on any atom is -0.480 e. The third kappa shape index (κ3) is 5.66. The number of benzene rings is 2. The molecule has 0 spiro atoms. The SMILES string of the molecule is CC(C)[C@H](NC(=O)[C@H](Cc1c[nH]c2ccccc12)n1c(=O)[nH]c2ccccc2c1=O)C(=O)N[C@H](C(=O)O)C(C)O. The number of aliphatic hydroxyl groups is 1. The smallest absolute Gasteiger partial charge is 0.329 e. The summed E-state index contributed by atoms with van der Waals surface area (Å²) in [7, 11) is 0. The van der Waals surface area contributed by atoms with Gasteiger partial charge >= 0.3 is 11.7 Å². The van der Waals surface area contributed by atoms with E-state index in [1.807, 2.05) is 24.3 Å². The molecule has 2 amide bonds. The van der Waals surface area contributed by atoms with Gasteiger partial charge in [-0.25, -0.2) is 14.2 Å². The lowest BCUT2D eigenvalue weighted by Gasteiger charge is -2.27. The van der Waals surface area contributed by atoms with Crippen molar-refractivity contribution < 1.29 is 24.6 Å². The predicted molar refractivity (Wildman–Crippen MR) is 148 cm³/mol. The van der Waals surface area contributed by atoms with E-state index in [0.717, 1.165) is 15.5 Å². The number of aliphatic hydroxyl groups excluding tert-OH is 1. The molecule has 0 fully saturated rings. The summed E-state index contributed by atoms with van der Waals surface area (Å²) in [6, 6.07) is 9.60. The minimum atomic E-state index is -1.60. The predicted octanol–water partition coefficient (Wildman–Crippen LogP) is 1.05. The minimum absolute atomic E-state index is 0.0605. The summed E-state index contributed by atoms with van der Waals surface area (Å²) in [5.74, 6) is -3.57. The summed E-state index contributed by atoms with van der Waals surface area (Å²) in [5, 5.41) is 25.0. The molecule has 0 radical (unpaired) electrons. The van der Waals surface area contributed by atoms with Gasteiger partial charge in [-0.3, -0.25) is 14.4 Å². The van der Waals surface area contributed by atoms with Crippen LogP contribution >= 0.6 is 0 Å². The van der Waals surface area contributed by atoms with Gasteiger partial charge in [0, 0.05) is 23.5 Å². The second-order valence-electron chi connectivity index (χ2n) is 10.0. The van der Waals surface area contributed by atoms with Crippen molar-refractivity contribution in [2.45, 2.75) is 51.4 Å². The number of aromatic amines is 2. The zero-order chi connectivity index (χ0) is 29.1. The number of H-pyrrole nitrogens is 2. The van der Waals surface area contributed by atoms with E-state index >= 15 is 0 Å². The number of carboxylic acid groups (broad SMARTS) is 1. The van der Waals surface area contributed by atoms with Crippen LogP contribution < -0.4 is 21.9 Å². The molecule has 0 aliphatic carbocycles. The number of nitrogens with zero attached hydrogens (tertiary/aromatic N) is 1. The summed E-state index contributed by atoms with van der Waals surface area (Å²) >= 11 is 0. The first-order chi connectivity index (χ1) is 19.0. The third-order valence-corrected chi connectivity index (χ3v) is 6.83. The zero-order valence-electron chi connectivity index (χ0n) is 22.2. The van der Waals surface area contributed by atoms with E-state index in [1.165, 1.54) is 13.0 Å². The molecule has 0 saturated heterocycles. The van der Waals surface area contributed by atoms with Crippen LogP contribution in [-0.2, 0) is 20.8 Å². The van der Waals surface area contributed by atoms with Crippen LogP contribution in [0.25, 0.3) is 21.8 Å². The molecule has 0 aliphatic rings. The van der Waals surface area contributed by atoms with E-state index in [1.54, 1.807) is 38.2 Å². The van der Waals surface area contributed by atoms with Crippen molar-refractivity contribution in [1.82, 2.24) is 25.2 Å². The standard InChI is InChI=1S/C28H31N5O7/c1-14(2)22(25(36)32-23(15(3)34)27(38)39)31-24(35)21(12-16-13-29-19-10-6-4-8-17(16)19)33-26(37)18-9-5-7-11-20(18)30-28(33)40/h4-11,13-15,21-23,29,34H,12H2,1-3H3,(H,30,40)(H,31,35)(H,32,36)(H,38,39)/t15?,21-,22-,23-/m0/s1. The van der Waals surface area contributed by atoms with E-state index in [0.29, 0.717) is 11.1 Å². The van der Waals surface area contributed by atoms with Crippen molar-refractivity contribution in [3.63, 3.8) is 0 Å². The Hall–Kier alpha value is -4.71. The first-order valence-corrected chi connectivity index (χ1v) is 12.8. The lowest BCUT2D eigenvalue weighted by atomic mass is 10.00. The monoisotopic (exact) mass is 549 g/mol. The van der Waals surface area contributed by atoms with Gasteiger partial charge in [-0.15, -0.1) is 0 Å². The maximum atomic E-state index is 13.8. The molecule has 6 N–H and O–H groups in total. The Morgan fingerprint density at radius 3 is 2.10 bits per heavy atom. The van der Waals surface area contributed by atoms with E-state index in [-0.39, 0.29) is 11.8 Å². The first-order valence-electron chi connectivity index (χ1n) is 12.8. The van der Waals surface area contributed by atoms with Crippen LogP contribution in [0.3, 0.4) is 0 Å². The number of fused-ring (bicyclic) bond motifs is 2. The van der Waals surface area contributed by atoms with Crippen molar-refractivity contribution >= 4 is 39.6 Å². The van der Waals surface area contributed by atoms with Crippen LogP contribution in [0.2, 0.25) is 0 Å². The highest BCUT2D eigenvalue weighted by Crippen LogP contribution is 2.23.